The van der Waals surface area contributed by atoms with Crippen LogP contribution in [0.5, 0.6) is 11.5 Å². The molecule has 1 N–H and O–H groups in total. The van der Waals surface area contributed by atoms with Crippen molar-refractivity contribution in [1.82, 2.24) is 9.80 Å². The number of hydrogen-bond acceptors (Lipinski definition) is 8. The maximum atomic E-state index is 12.6. The van der Waals surface area contributed by atoms with Crippen LogP contribution in [0.15, 0.2) is 17.0 Å². The molecule has 0 atom stereocenters. The van der Waals surface area contributed by atoms with Crippen LogP contribution in [-0.4, -0.2) is 63.1 Å². The highest BCUT2D eigenvalue weighted by Crippen LogP contribution is 2.39. The number of amides is 3. The highest BCUT2D eigenvalue weighted by Gasteiger charge is 2.37. The molecule has 0 aliphatic carbocycles. The minimum Gasteiger partial charge on any atom is -0.500 e. The monoisotopic (exact) mass is 421 g/mol. The van der Waals surface area contributed by atoms with E-state index >= 15 is 0 Å². The van der Waals surface area contributed by atoms with Gasteiger partial charge >= 0.3 is 5.69 Å². The van der Waals surface area contributed by atoms with Crippen molar-refractivity contribution < 1.29 is 29.2 Å². The molecule has 0 unspecified atom stereocenters. The zero-order valence-electron chi connectivity index (χ0n) is 15.6. The number of phenols is 1. The molecule has 11 heteroatoms. The Balaban J connectivity index is 1.85. The van der Waals surface area contributed by atoms with Crippen LogP contribution in [0.2, 0.25) is 0 Å². The number of rotatable bonds is 6. The Morgan fingerprint density at radius 1 is 1.34 bits per heavy atom. The predicted molar refractivity (Wildman–Crippen MR) is 104 cm³/mol. The van der Waals surface area contributed by atoms with Gasteiger partial charge in [-0.1, -0.05) is 0 Å². The van der Waals surface area contributed by atoms with Crippen molar-refractivity contribution in [2.24, 2.45) is 0 Å². The highest BCUT2D eigenvalue weighted by molar-refractivity contribution is 8.18. The van der Waals surface area contributed by atoms with Gasteiger partial charge in [0.05, 0.1) is 16.4 Å². The van der Waals surface area contributed by atoms with Gasteiger partial charge in [0.25, 0.3) is 11.1 Å². The van der Waals surface area contributed by atoms with Crippen LogP contribution in [0, 0.1) is 10.1 Å². The van der Waals surface area contributed by atoms with Crippen LogP contribution in [0.4, 0.5) is 10.5 Å². The molecule has 0 bridgehead atoms. The first-order chi connectivity index (χ1) is 13.8. The van der Waals surface area contributed by atoms with E-state index in [1.165, 1.54) is 12.1 Å². The Hall–Kier alpha value is -3.08. The average molecular weight is 421 g/mol. The van der Waals surface area contributed by atoms with Gasteiger partial charge in [-0.25, -0.2) is 0 Å². The second kappa shape index (κ2) is 8.52. The standard InChI is InChI=1S/C18H19N3O7S/c1-2-28-13-8-11(7-12(16(13)23)21(26)27)9-14-17(24)20(18(25)29-14)10-15(22)19-5-3-4-6-19/h7-9,23H,2-6,10H2,1H3/b14-9-. The zero-order chi connectivity index (χ0) is 21.1. The van der Waals surface area contributed by atoms with E-state index in [4.69, 9.17) is 4.74 Å². The molecule has 2 fully saturated rings. The number of nitro groups is 1. The molecule has 3 rings (SSSR count). The molecular weight excluding hydrogens is 402 g/mol. The maximum absolute atomic E-state index is 12.6. The lowest BCUT2D eigenvalue weighted by Gasteiger charge is -2.18. The summed E-state index contributed by atoms with van der Waals surface area (Å²) in [6.45, 7) is 2.72. The fraction of sp³-hybridized carbons (Fsp3) is 0.389. The van der Waals surface area contributed by atoms with Crippen LogP contribution >= 0.6 is 11.8 Å². The first kappa shape index (κ1) is 20.6. The van der Waals surface area contributed by atoms with Gasteiger partial charge in [-0.2, -0.15) is 0 Å². The summed E-state index contributed by atoms with van der Waals surface area (Å²) >= 11 is 0.653. The second-order valence-corrected chi connectivity index (χ2v) is 7.43. The fourth-order valence-electron chi connectivity index (χ4n) is 3.09. The lowest BCUT2D eigenvalue weighted by Crippen LogP contribution is -2.40. The number of nitrogens with zero attached hydrogens (tertiary/aromatic N) is 3. The summed E-state index contributed by atoms with van der Waals surface area (Å²) in [5.41, 5.74) is -0.361. The Morgan fingerprint density at radius 3 is 2.66 bits per heavy atom. The number of aromatic hydroxyl groups is 1. The summed E-state index contributed by atoms with van der Waals surface area (Å²) in [5, 5.41) is 20.5. The highest BCUT2D eigenvalue weighted by atomic mass is 32.2. The van der Waals surface area contributed by atoms with Crippen LogP contribution in [0.25, 0.3) is 6.08 Å². The first-order valence-corrected chi connectivity index (χ1v) is 9.80. The Bertz CT molecular complexity index is 909. The SMILES string of the molecule is CCOc1cc(/C=C2\SC(=O)N(CC(=O)N3CCCC3)C2=O)cc([N+](=O)[O-])c1O. The molecule has 0 radical (unpaired) electrons. The smallest absolute Gasteiger partial charge is 0.315 e. The van der Waals surface area contributed by atoms with E-state index in [0.717, 1.165) is 23.8 Å². The van der Waals surface area contributed by atoms with E-state index in [0.29, 0.717) is 24.9 Å². The van der Waals surface area contributed by atoms with Gasteiger partial charge in [0, 0.05) is 19.2 Å². The predicted octanol–water partition coefficient (Wildman–Crippen LogP) is 2.36. The van der Waals surface area contributed by atoms with Crippen LogP contribution in [0.1, 0.15) is 25.3 Å². The number of hydrogen-bond donors (Lipinski definition) is 1. The van der Waals surface area contributed by atoms with E-state index in [2.05, 4.69) is 0 Å². The van der Waals surface area contributed by atoms with E-state index in [-0.39, 0.29) is 35.3 Å². The lowest BCUT2D eigenvalue weighted by atomic mass is 10.1. The van der Waals surface area contributed by atoms with Gasteiger partial charge in [0.15, 0.2) is 5.75 Å². The molecule has 3 amide bonds. The van der Waals surface area contributed by atoms with E-state index in [1.54, 1.807) is 11.8 Å². The van der Waals surface area contributed by atoms with Gasteiger partial charge in [0.2, 0.25) is 11.7 Å². The van der Waals surface area contributed by atoms with Crippen LogP contribution < -0.4 is 4.74 Å². The number of ether oxygens (including phenoxy) is 1. The van der Waals surface area contributed by atoms with Crippen molar-refractivity contribution in [3.05, 3.63) is 32.7 Å². The average Bonchev–Trinajstić information content (AvgIpc) is 3.29. The fourth-order valence-corrected chi connectivity index (χ4v) is 3.93. The molecule has 2 aliphatic rings. The van der Waals surface area contributed by atoms with Crippen molar-refractivity contribution in [3.8, 4) is 11.5 Å². The Labute approximate surface area is 170 Å². The minimum atomic E-state index is -0.768. The van der Waals surface area contributed by atoms with E-state index in [1.807, 2.05) is 0 Å². The normalized spacial score (nSPS) is 18.0. The van der Waals surface area contributed by atoms with Gasteiger partial charge in [-0.3, -0.25) is 29.4 Å². The lowest BCUT2D eigenvalue weighted by molar-refractivity contribution is -0.386. The van der Waals surface area contributed by atoms with Gasteiger partial charge in [0.1, 0.15) is 6.54 Å². The third kappa shape index (κ3) is 4.34. The number of likely N-dealkylation sites (tertiary alicyclic amines) is 1. The van der Waals surface area contributed by atoms with E-state index < -0.39 is 27.5 Å². The third-order valence-corrected chi connectivity index (χ3v) is 5.40. The summed E-state index contributed by atoms with van der Waals surface area (Å²) in [6, 6.07) is 2.43. The number of benzene rings is 1. The summed E-state index contributed by atoms with van der Waals surface area (Å²) in [7, 11) is 0. The van der Waals surface area contributed by atoms with Gasteiger partial charge in [-0.15, -0.1) is 0 Å². The first-order valence-electron chi connectivity index (χ1n) is 8.99. The van der Waals surface area contributed by atoms with Crippen molar-refractivity contribution >= 4 is 40.6 Å². The maximum Gasteiger partial charge on any atom is 0.315 e. The third-order valence-electron chi connectivity index (χ3n) is 4.50. The summed E-state index contributed by atoms with van der Waals surface area (Å²) in [5.74, 6) is -1.64. The molecule has 1 aromatic carbocycles. The van der Waals surface area contributed by atoms with Gasteiger partial charge < -0.3 is 14.7 Å². The molecule has 10 nitrogen and oxygen atoms in total. The largest absolute Gasteiger partial charge is 0.500 e. The number of carbonyl (C=O) groups is 3. The van der Waals surface area contributed by atoms with Gasteiger partial charge in [-0.05, 0) is 49.2 Å². The zero-order valence-corrected chi connectivity index (χ0v) is 16.4. The van der Waals surface area contributed by atoms with Crippen LogP contribution in [-0.2, 0) is 9.59 Å². The molecule has 1 aromatic rings. The summed E-state index contributed by atoms with van der Waals surface area (Å²) in [6.07, 6.45) is 3.10. The number of thioether (sulfide) groups is 1. The molecule has 2 heterocycles. The summed E-state index contributed by atoms with van der Waals surface area (Å²) < 4.78 is 5.21. The molecule has 2 aliphatic heterocycles. The molecule has 29 heavy (non-hydrogen) atoms. The van der Waals surface area contributed by atoms with Crippen molar-refractivity contribution in [2.45, 2.75) is 19.8 Å². The number of carbonyl (C=O) groups excluding carboxylic acids is 3. The number of phenolic OH excluding ortho intramolecular Hbond substituents is 1. The molecule has 0 aromatic heterocycles. The second-order valence-electron chi connectivity index (χ2n) is 6.43. The Kier molecular flexibility index (Phi) is 6.06. The molecule has 0 saturated carbocycles. The van der Waals surface area contributed by atoms with Crippen molar-refractivity contribution in [1.29, 1.82) is 0 Å². The number of nitro benzene ring substituents is 1. The molecular formula is C18H19N3O7S. The molecule has 0 spiro atoms. The number of imide groups is 1. The van der Waals surface area contributed by atoms with Crippen molar-refractivity contribution in [3.63, 3.8) is 0 Å². The molecule has 2 saturated heterocycles. The van der Waals surface area contributed by atoms with E-state index in [9.17, 15) is 29.6 Å². The topological polar surface area (TPSA) is 130 Å². The quantitative estimate of drug-likeness (QED) is 0.421. The minimum absolute atomic E-state index is 0.0339. The van der Waals surface area contributed by atoms with Crippen LogP contribution in [0.3, 0.4) is 0 Å². The molecule has 154 valence electrons. The Morgan fingerprint density at radius 2 is 2.03 bits per heavy atom. The summed E-state index contributed by atoms with van der Waals surface area (Å²) in [4.78, 5) is 50.0. The van der Waals surface area contributed by atoms with Crippen molar-refractivity contribution in [2.75, 3.05) is 26.2 Å².